The van der Waals surface area contributed by atoms with Crippen LogP contribution in [0.5, 0.6) is 0 Å². The molecule has 1 N–H and O–H groups in total. The van der Waals surface area contributed by atoms with Crippen molar-refractivity contribution in [2.24, 2.45) is 0 Å². The summed E-state index contributed by atoms with van der Waals surface area (Å²) in [6, 6.07) is 18.7. The number of hydrogen-bond acceptors (Lipinski definition) is 3. The monoisotopic (exact) mass is 381 g/mol. The molecule has 0 radical (unpaired) electrons. The maximum atomic E-state index is 4.85. The Morgan fingerprint density at radius 3 is 2.55 bits per heavy atom. The zero-order valence-electron chi connectivity index (χ0n) is 16.9. The topological polar surface area (TPSA) is 59.4 Å². The minimum absolute atomic E-state index is 0.741. The maximum absolute atomic E-state index is 4.85. The minimum Gasteiger partial charge on any atom is -0.338 e. The molecule has 0 bridgehead atoms. The van der Waals surface area contributed by atoms with Gasteiger partial charge in [0.25, 0.3) is 0 Å². The summed E-state index contributed by atoms with van der Waals surface area (Å²) in [7, 11) is 0. The molecule has 0 aliphatic carbocycles. The van der Waals surface area contributed by atoms with E-state index in [9.17, 15) is 0 Å². The van der Waals surface area contributed by atoms with E-state index in [1.807, 2.05) is 25.1 Å². The fraction of sp³-hybridized carbons (Fsp3) is 0.208. The highest BCUT2D eigenvalue weighted by atomic mass is 15.1. The van der Waals surface area contributed by atoms with E-state index in [0.29, 0.717) is 0 Å². The second-order valence-corrected chi connectivity index (χ2v) is 7.52. The highest BCUT2D eigenvalue weighted by Crippen LogP contribution is 2.24. The van der Waals surface area contributed by atoms with Gasteiger partial charge in [-0.25, -0.2) is 15.0 Å². The van der Waals surface area contributed by atoms with Gasteiger partial charge in [-0.3, -0.25) is 0 Å². The number of aromatic amines is 1. The quantitative estimate of drug-likeness (QED) is 0.465. The lowest BCUT2D eigenvalue weighted by molar-refractivity contribution is 0.746. The van der Waals surface area contributed by atoms with Gasteiger partial charge < -0.3 is 9.55 Å². The molecule has 3 aromatic heterocycles. The Bertz CT molecular complexity index is 1330. The summed E-state index contributed by atoms with van der Waals surface area (Å²) in [6.07, 6.45) is 0.874. The van der Waals surface area contributed by atoms with E-state index in [4.69, 9.17) is 15.0 Å². The third kappa shape index (κ3) is 3.09. The van der Waals surface area contributed by atoms with Crippen molar-refractivity contribution >= 4 is 22.2 Å². The van der Waals surface area contributed by atoms with Crippen molar-refractivity contribution in [3.63, 3.8) is 0 Å². The standard InChI is InChI=1S/C24H23N5/c1-4-21-28-22-15(2)12-16(3)25-24(22)29(21)14-17-10-11-19-20(13-17)27-23(26-19)18-8-6-5-7-9-18/h5-13H,4,14H2,1-3H3,(H,26,27). The summed E-state index contributed by atoms with van der Waals surface area (Å²) in [5, 5.41) is 0. The first-order chi connectivity index (χ1) is 14.1. The molecule has 0 fully saturated rings. The number of imidazole rings is 2. The van der Waals surface area contributed by atoms with E-state index in [1.165, 1.54) is 11.1 Å². The smallest absolute Gasteiger partial charge is 0.160 e. The van der Waals surface area contributed by atoms with E-state index >= 15 is 0 Å². The molecule has 0 amide bonds. The number of pyridine rings is 1. The molecule has 29 heavy (non-hydrogen) atoms. The second kappa shape index (κ2) is 6.85. The SMILES string of the molecule is CCc1nc2c(C)cc(C)nc2n1Cc1ccc2nc(-c3ccccc3)[nH]c2c1. The zero-order valence-corrected chi connectivity index (χ0v) is 16.9. The van der Waals surface area contributed by atoms with Gasteiger partial charge in [0.05, 0.1) is 17.6 Å². The normalized spacial score (nSPS) is 11.6. The number of rotatable bonds is 4. The molecule has 3 heterocycles. The van der Waals surface area contributed by atoms with Gasteiger partial charge in [-0.2, -0.15) is 0 Å². The number of fused-ring (bicyclic) bond motifs is 2. The van der Waals surface area contributed by atoms with Gasteiger partial charge >= 0.3 is 0 Å². The molecule has 5 aromatic rings. The number of nitrogens with one attached hydrogen (secondary N) is 1. The first-order valence-electron chi connectivity index (χ1n) is 10.00. The zero-order chi connectivity index (χ0) is 20.0. The molecule has 5 nitrogen and oxygen atoms in total. The number of aryl methyl sites for hydroxylation is 3. The van der Waals surface area contributed by atoms with Crippen LogP contribution in [0.15, 0.2) is 54.6 Å². The Morgan fingerprint density at radius 2 is 1.76 bits per heavy atom. The third-order valence-corrected chi connectivity index (χ3v) is 5.35. The van der Waals surface area contributed by atoms with Crippen LogP contribution in [0.25, 0.3) is 33.6 Å². The van der Waals surface area contributed by atoms with Gasteiger partial charge in [0.2, 0.25) is 0 Å². The molecule has 0 unspecified atom stereocenters. The first kappa shape index (κ1) is 17.6. The Hall–Kier alpha value is -3.47. The lowest BCUT2D eigenvalue weighted by atomic mass is 10.2. The molecule has 5 rings (SSSR count). The lowest BCUT2D eigenvalue weighted by Gasteiger charge is -2.08. The average molecular weight is 381 g/mol. The van der Waals surface area contributed by atoms with Gasteiger partial charge in [-0.1, -0.05) is 43.3 Å². The minimum atomic E-state index is 0.741. The van der Waals surface area contributed by atoms with Gasteiger partial charge in [-0.05, 0) is 43.2 Å². The number of hydrogen-bond donors (Lipinski definition) is 1. The predicted octanol–water partition coefficient (Wildman–Crippen LogP) is 5.20. The van der Waals surface area contributed by atoms with Crippen LogP contribution >= 0.6 is 0 Å². The summed E-state index contributed by atoms with van der Waals surface area (Å²) >= 11 is 0. The first-order valence-corrected chi connectivity index (χ1v) is 10.00. The Labute approximate surface area is 169 Å². The van der Waals surface area contributed by atoms with Crippen LogP contribution < -0.4 is 0 Å². The van der Waals surface area contributed by atoms with Gasteiger partial charge in [-0.15, -0.1) is 0 Å². The molecule has 0 spiro atoms. The van der Waals surface area contributed by atoms with Gasteiger partial charge in [0.15, 0.2) is 5.65 Å². The molecule has 144 valence electrons. The predicted molar refractivity (Wildman–Crippen MR) is 117 cm³/mol. The summed E-state index contributed by atoms with van der Waals surface area (Å²) in [5.41, 5.74) is 8.49. The molecular weight excluding hydrogens is 358 g/mol. The fourth-order valence-corrected chi connectivity index (χ4v) is 3.95. The van der Waals surface area contributed by atoms with Crippen LogP contribution in [-0.4, -0.2) is 24.5 Å². The van der Waals surface area contributed by atoms with E-state index in [2.05, 4.69) is 59.8 Å². The van der Waals surface area contributed by atoms with E-state index < -0.39 is 0 Å². The van der Waals surface area contributed by atoms with Gasteiger partial charge in [0, 0.05) is 17.7 Å². The second-order valence-electron chi connectivity index (χ2n) is 7.52. The Morgan fingerprint density at radius 1 is 0.931 bits per heavy atom. The van der Waals surface area contributed by atoms with Crippen LogP contribution in [0, 0.1) is 13.8 Å². The van der Waals surface area contributed by atoms with Crippen molar-refractivity contribution in [1.82, 2.24) is 24.5 Å². The van der Waals surface area contributed by atoms with Crippen LogP contribution in [0.2, 0.25) is 0 Å². The van der Waals surface area contributed by atoms with E-state index in [-0.39, 0.29) is 0 Å². The van der Waals surface area contributed by atoms with Crippen LogP contribution in [0.1, 0.15) is 29.6 Å². The highest BCUT2D eigenvalue weighted by Gasteiger charge is 2.14. The highest BCUT2D eigenvalue weighted by molar-refractivity contribution is 5.80. The molecule has 0 saturated carbocycles. The van der Waals surface area contributed by atoms with Crippen LogP contribution in [0.3, 0.4) is 0 Å². The number of H-pyrrole nitrogens is 1. The third-order valence-electron chi connectivity index (χ3n) is 5.35. The van der Waals surface area contributed by atoms with E-state index in [1.54, 1.807) is 0 Å². The summed E-state index contributed by atoms with van der Waals surface area (Å²) in [4.78, 5) is 17.8. The molecule has 0 saturated heterocycles. The summed E-state index contributed by atoms with van der Waals surface area (Å²) in [5.74, 6) is 1.96. The van der Waals surface area contributed by atoms with Crippen molar-refractivity contribution in [3.8, 4) is 11.4 Å². The molecule has 2 aromatic carbocycles. The fourth-order valence-electron chi connectivity index (χ4n) is 3.95. The van der Waals surface area contributed by atoms with Crippen molar-refractivity contribution < 1.29 is 0 Å². The van der Waals surface area contributed by atoms with E-state index in [0.717, 1.165) is 58.1 Å². The van der Waals surface area contributed by atoms with Crippen molar-refractivity contribution in [1.29, 1.82) is 0 Å². The van der Waals surface area contributed by atoms with Gasteiger partial charge in [0.1, 0.15) is 17.2 Å². The molecule has 0 aliphatic rings. The summed E-state index contributed by atoms with van der Waals surface area (Å²) < 4.78 is 2.24. The maximum Gasteiger partial charge on any atom is 0.160 e. The largest absolute Gasteiger partial charge is 0.338 e. The Kier molecular flexibility index (Phi) is 4.16. The Balaban J connectivity index is 1.57. The molecular formula is C24H23N5. The molecule has 0 aliphatic heterocycles. The molecule has 0 atom stereocenters. The average Bonchev–Trinajstić information content (AvgIpc) is 3.30. The summed E-state index contributed by atoms with van der Waals surface area (Å²) in [6.45, 7) is 7.03. The van der Waals surface area contributed by atoms with Crippen molar-refractivity contribution in [3.05, 3.63) is 77.2 Å². The van der Waals surface area contributed by atoms with Crippen molar-refractivity contribution in [2.45, 2.75) is 33.7 Å². The van der Waals surface area contributed by atoms with Crippen molar-refractivity contribution in [2.75, 3.05) is 0 Å². The number of nitrogens with zero attached hydrogens (tertiary/aromatic N) is 4. The molecule has 5 heteroatoms. The van der Waals surface area contributed by atoms with Crippen LogP contribution in [-0.2, 0) is 13.0 Å². The van der Waals surface area contributed by atoms with Crippen LogP contribution in [0.4, 0.5) is 0 Å². The lowest BCUT2D eigenvalue weighted by Crippen LogP contribution is -2.05. The number of benzene rings is 2. The number of aromatic nitrogens is 5.